The third-order valence-electron chi connectivity index (χ3n) is 7.94. The monoisotopic (exact) mass is 520 g/mol. The number of rotatable bonds is 6. The zero-order chi connectivity index (χ0) is 24.9. The number of nitrogens with zero attached hydrogens (tertiary/aromatic N) is 2. The van der Waals surface area contributed by atoms with Crippen molar-refractivity contribution in [3.05, 3.63) is 57.6 Å². The predicted molar refractivity (Wildman–Crippen MR) is 128 cm³/mol. The third kappa shape index (κ3) is 4.76. The number of hydrogen-bond acceptors (Lipinski definition) is 5. The van der Waals surface area contributed by atoms with Crippen LogP contribution in [0.1, 0.15) is 61.0 Å². The van der Waals surface area contributed by atoms with Crippen molar-refractivity contribution in [3.8, 4) is 0 Å². The SMILES string of the molecule is CC1([C@H](NC(=O)[C@H]2CC(NC(=O)c3ccnnc3)[C@H](O)C2)c2c(F)ccc(Cl)c2Cl)C[C@H]2C[C@H]2C1. The minimum Gasteiger partial charge on any atom is -0.391 e. The van der Waals surface area contributed by atoms with Crippen LogP contribution in [0.15, 0.2) is 30.6 Å². The number of carbonyl (C=O) groups is 2. The van der Waals surface area contributed by atoms with Crippen LogP contribution in [-0.2, 0) is 4.79 Å². The largest absolute Gasteiger partial charge is 0.391 e. The number of fused-ring (bicyclic) bond motifs is 1. The maximum absolute atomic E-state index is 15.1. The van der Waals surface area contributed by atoms with Crippen molar-refractivity contribution in [2.75, 3.05) is 0 Å². The molecule has 3 saturated carbocycles. The van der Waals surface area contributed by atoms with Crippen molar-refractivity contribution < 1.29 is 19.1 Å². The lowest BCUT2D eigenvalue weighted by Gasteiger charge is -2.38. The maximum atomic E-state index is 15.1. The van der Waals surface area contributed by atoms with E-state index < -0.39 is 35.8 Å². The fraction of sp³-hybridized carbons (Fsp3) is 0.520. The predicted octanol–water partition coefficient (Wildman–Crippen LogP) is 4.09. The van der Waals surface area contributed by atoms with Crippen molar-refractivity contribution in [1.82, 2.24) is 20.8 Å². The van der Waals surface area contributed by atoms with Crippen LogP contribution in [-0.4, -0.2) is 39.3 Å². The molecule has 10 heteroatoms. The summed E-state index contributed by atoms with van der Waals surface area (Å²) in [7, 11) is 0. The van der Waals surface area contributed by atoms with Gasteiger partial charge in [-0.1, -0.05) is 30.1 Å². The molecule has 3 aliphatic carbocycles. The van der Waals surface area contributed by atoms with Gasteiger partial charge in [0, 0.05) is 11.5 Å². The second-order valence-corrected chi connectivity index (χ2v) is 11.2. The molecule has 0 radical (unpaired) electrons. The van der Waals surface area contributed by atoms with Gasteiger partial charge >= 0.3 is 0 Å². The smallest absolute Gasteiger partial charge is 0.253 e. The number of benzene rings is 1. The Morgan fingerprint density at radius 3 is 2.57 bits per heavy atom. The normalized spacial score (nSPS) is 32.1. The molecule has 35 heavy (non-hydrogen) atoms. The molecule has 5 rings (SSSR count). The van der Waals surface area contributed by atoms with Gasteiger partial charge in [-0.3, -0.25) is 9.59 Å². The number of carbonyl (C=O) groups excluding carboxylic acids is 2. The van der Waals surface area contributed by atoms with Crippen LogP contribution in [0.3, 0.4) is 0 Å². The standard InChI is InChI=1S/C25H27Cl2FN4O3/c1-25(9-14-6-15(14)10-25)22(20-17(28)3-2-16(26)21(20)27)32-24(35)13-7-18(19(33)8-13)31-23(34)12-4-5-29-30-11-12/h2-5,11,13-15,18-19,22,33H,6-10H2,1H3,(H,31,34)(H,32,35)/t13-,14-,15+,18?,19+,22+,25?/m0/s1. The van der Waals surface area contributed by atoms with Gasteiger partial charge in [0.15, 0.2) is 0 Å². The van der Waals surface area contributed by atoms with E-state index in [0.29, 0.717) is 17.4 Å². The molecule has 3 N–H and O–H groups in total. The Morgan fingerprint density at radius 1 is 1.14 bits per heavy atom. The van der Waals surface area contributed by atoms with E-state index in [-0.39, 0.29) is 39.8 Å². The average Bonchev–Trinajstić information content (AvgIpc) is 3.28. The molecule has 1 heterocycles. The number of aromatic nitrogens is 2. The molecule has 1 aromatic carbocycles. The third-order valence-corrected chi connectivity index (χ3v) is 8.76. The van der Waals surface area contributed by atoms with Crippen LogP contribution in [0.2, 0.25) is 10.0 Å². The van der Waals surface area contributed by atoms with Crippen LogP contribution in [0.5, 0.6) is 0 Å². The molecule has 7 atom stereocenters. The summed E-state index contributed by atoms with van der Waals surface area (Å²) in [6, 6.07) is 2.97. The number of aliphatic hydroxyl groups is 1. The fourth-order valence-electron chi connectivity index (χ4n) is 6.05. The quantitative estimate of drug-likeness (QED) is 0.497. The summed E-state index contributed by atoms with van der Waals surface area (Å²) in [6.45, 7) is 2.07. The molecule has 0 spiro atoms. The molecule has 0 saturated heterocycles. The van der Waals surface area contributed by atoms with Crippen molar-refractivity contribution in [2.45, 2.75) is 57.2 Å². The molecule has 2 unspecified atom stereocenters. The summed E-state index contributed by atoms with van der Waals surface area (Å²) in [5, 5.41) is 24.1. The molecular weight excluding hydrogens is 494 g/mol. The van der Waals surface area contributed by atoms with E-state index >= 15 is 4.39 Å². The number of amides is 2. The summed E-state index contributed by atoms with van der Waals surface area (Å²) < 4.78 is 15.1. The van der Waals surface area contributed by atoms with Crippen molar-refractivity contribution >= 4 is 35.0 Å². The Morgan fingerprint density at radius 2 is 1.89 bits per heavy atom. The first-order valence-corrected chi connectivity index (χ1v) is 12.6. The van der Waals surface area contributed by atoms with E-state index in [1.165, 1.54) is 37.0 Å². The Balaban J connectivity index is 1.33. The zero-order valence-corrected chi connectivity index (χ0v) is 20.7. The summed E-state index contributed by atoms with van der Waals surface area (Å²) in [5.41, 5.74) is 0.168. The first-order valence-electron chi connectivity index (χ1n) is 11.9. The molecule has 7 nitrogen and oxygen atoms in total. The highest BCUT2D eigenvalue weighted by atomic mass is 35.5. The molecule has 0 aliphatic heterocycles. The Labute approximate surface area is 212 Å². The van der Waals surface area contributed by atoms with E-state index in [1.54, 1.807) is 0 Å². The van der Waals surface area contributed by atoms with E-state index in [4.69, 9.17) is 23.2 Å². The van der Waals surface area contributed by atoms with Crippen molar-refractivity contribution in [3.63, 3.8) is 0 Å². The first kappa shape index (κ1) is 24.4. The first-order chi connectivity index (χ1) is 16.7. The van der Waals surface area contributed by atoms with Gasteiger partial charge in [-0.25, -0.2) is 4.39 Å². The number of nitrogens with one attached hydrogen (secondary N) is 2. The van der Waals surface area contributed by atoms with Crippen LogP contribution < -0.4 is 10.6 Å². The lowest BCUT2D eigenvalue weighted by molar-refractivity contribution is -0.126. The summed E-state index contributed by atoms with van der Waals surface area (Å²) >= 11 is 12.7. The summed E-state index contributed by atoms with van der Waals surface area (Å²) in [4.78, 5) is 25.9. The van der Waals surface area contributed by atoms with Crippen LogP contribution >= 0.6 is 23.2 Å². The van der Waals surface area contributed by atoms with Gasteiger partial charge in [0.1, 0.15) is 5.82 Å². The highest BCUT2D eigenvalue weighted by Crippen LogP contribution is 2.64. The van der Waals surface area contributed by atoms with Crippen LogP contribution in [0.25, 0.3) is 0 Å². The van der Waals surface area contributed by atoms with Gasteiger partial charge in [-0.2, -0.15) is 10.2 Å². The van der Waals surface area contributed by atoms with Gasteiger partial charge in [-0.15, -0.1) is 0 Å². The van der Waals surface area contributed by atoms with Crippen LogP contribution in [0, 0.1) is 29.0 Å². The van der Waals surface area contributed by atoms with Gasteiger partial charge < -0.3 is 15.7 Å². The molecule has 2 aromatic rings. The minimum atomic E-state index is -0.885. The van der Waals surface area contributed by atoms with Gasteiger partial charge in [0.25, 0.3) is 5.91 Å². The fourth-order valence-corrected chi connectivity index (χ4v) is 6.48. The Bertz CT molecular complexity index is 1140. The molecule has 3 fully saturated rings. The maximum Gasteiger partial charge on any atom is 0.253 e. The van der Waals surface area contributed by atoms with E-state index in [9.17, 15) is 14.7 Å². The van der Waals surface area contributed by atoms with E-state index in [0.717, 1.165) is 12.8 Å². The Hall–Kier alpha value is -2.29. The lowest BCUT2D eigenvalue weighted by atomic mass is 9.74. The highest BCUT2D eigenvalue weighted by molar-refractivity contribution is 6.42. The molecule has 3 aliphatic rings. The highest BCUT2D eigenvalue weighted by Gasteiger charge is 2.56. The second-order valence-electron chi connectivity index (χ2n) is 10.5. The van der Waals surface area contributed by atoms with E-state index in [2.05, 4.69) is 27.8 Å². The summed E-state index contributed by atoms with van der Waals surface area (Å²) in [5.74, 6) is -0.558. The Kier molecular flexibility index (Phi) is 6.48. The molecular formula is C25H27Cl2FN4O3. The van der Waals surface area contributed by atoms with Gasteiger partial charge in [-0.05, 0) is 67.6 Å². The molecule has 1 aromatic heterocycles. The number of aliphatic hydroxyl groups excluding tert-OH is 1. The number of hydrogen-bond donors (Lipinski definition) is 3. The molecule has 186 valence electrons. The summed E-state index contributed by atoms with van der Waals surface area (Å²) in [6.07, 6.45) is 5.22. The molecule has 0 bridgehead atoms. The topological polar surface area (TPSA) is 104 Å². The van der Waals surface area contributed by atoms with Crippen molar-refractivity contribution in [2.24, 2.45) is 23.2 Å². The number of halogens is 3. The van der Waals surface area contributed by atoms with E-state index in [1.807, 2.05) is 0 Å². The van der Waals surface area contributed by atoms with Gasteiger partial charge in [0.05, 0.1) is 46.2 Å². The molecule has 2 amide bonds. The van der Waals surface area contributed by atoms with Crippen LogP contribution in [0.4, 0.5) is 4.39 Å². The average molecular weight is 521 g/mol. The minimum absolute atomic E-state index is 0.112. The van der Waals surface area contributed by atoms with Gasteiger partial charge in [0.2, 0.25) is 5.91 Å². The zero-order valence-electron chi connectivity index (χ0n) is 19.2. The van der Waals surface area contributed by atoms with Crippen molar-refractivity contribution in [1.29, 1.82) is 0 Å². The second kappa shape index (κ2) is 9.30. The lowest BCUT2D eigenvalue weighted by Crippen LogP contribution is -2.42.